The first kappa shape index (κ1) is 23.9. The average molecular weight is 485 g/mol. The zero-order valence-electron chi connectivity index (χ0n) is 16.9. The summed E-state index contributed by atoms with van der Waals surface area (Å²) in [6.45, 7) is 12.4. The van der Waals surface area contributed by atoms with Gasteiger partial charge in [0.25, 0.3) is 0 Å². The molecule has 2 rings (SSSR count). The molecule has 0 aromatic heterocycles. The first-order valence-corrected chi connectivity index (χ1v) is 9.74. The lowest BCUT2D eigenvalue weighted by Crippen LogP contribution is -2.49. The number of benzene rings is 1. The van der Waals surface area contributed by atoms with Gasteiger partial charge < -0.3 is 10.2 Å². The lowest BCUT2D eigenvalue weighted by molar-refractivity contribution is 0.128. The molecular weight excluding hydrogens is 449 g/mol. The van der Waals surface area contributed by atoms with Gasteiger partial charge in [-0.15, -0.1) is 30.6 Å². The van der Waals surface area contributed by atoms with Crippen molar-refractivity contribution in [1.82, 2.24) is 20.0 Å². The Morgan fingerprint density at radius 2 is 1.85 bits per heavy atom. The Balaban J connectivity index is 0.00000364. The molecule has 0 bridgehead atoms. The Hall–Kier alpha value is -1.12. The van der Waals surface area contributed by atoms with Crippen LogP contribution in [0, 0.1) is 0 Å². The average Bonchev–Trinajstić information content (AvgIpc) is 2.67. The standard InChI is InChI=1S/C21H35N5.HI/c1-4-5-9-13-24(3)21(22-2)23-12-14-25-15-17-26(18-16-25)19-20-10-7-6-8-11-20;/h4,6-8,10-11H,1,5,9,12-19H2,2-3H3,(H,22,23);1H. The summed E-state index contributed by atoms with van der Waals surface area (Å²) in [6, 6.07) is 10.8. The zero-order valence-corrected chi connectivity index (χ0v) is 19.3. The topological polar surface area (TPSA) is 34.1 Å². The van der Waals surface area contributed by atoms with Crippen molar-refractivity contribution in [3.8, 4) is 0 Å². The summed E-state index contributed by atoms with van der Waals surface area (Å²) in [4.78, 5) is 11.7. The highest BCUT2D eigenvalue weighted by Crippen LogP contribution is 2.08. The predicted octanol–water partition coefficient (Wildman–Crippen LogP) is 2.90. The number of allylic oxidation sites excluding steroid dienone is 1. The third-order valence-electron chi connectivity index (χ3n) is 4.90. The van der Waals surface area contributed by atoms with Crippen LogP contribution >= 0.6 is 24.0 Å². The van der Waals surface area contributed by atoms with Gasteiger partial charge in [-0.3, -0.25) is 14.8 Å². The van der Waals surface area contributed by atoms with E-state index in [9.17, 15) is 0 Å². The third-order valence-corrected chi connectivity index (χ3v) is 4.90. The van der Waals surface area contributed by atoms with Crippen molar-refractivity contribution in [2.24, 2.45) is 4.99 Å². The van der Waals surface area contributed by atoms with E-state index in [1.807, 2.05) is 13.1 Å². The molecule has 1 N–H and O–H groups in total. The van der Waals surface area contributed by atoms with Crippen molar-refractivity contribution in [3.05, 3.63) is 48.6 Å². The minimum atomic E-state index is 0. The number of aliphatic imine (C=N–C) groups is 1. The summed E-state index contributed by atoms with van der Waals surface area (Å²) < 4.78 is 0. The van der Waals surface area contributed by atoms with E-state index in [1.54, 1.807) is 0 Å². The van der Waals surface area contributed by atoms with Gasteiger partial charge in [0.15, 0.2) is 5.96 Å². The fourth-order valence-corrected chi connectivity index (χ4v) is 3.30. The largest absolute Gasteiger partial charge is 0.355 e. The van der Waals surface area contributed by atoms with Gasteiger partial charge in [-0.25, -0.2) is 0 Å². The SMILES string of the molecule is C=CCCCN(C)C(=NC)NCCN1CCN(Cc2ccccc2)CC1.I. The summed E-state index contributed by atoms with van der Waals surface area (Å²) in [5.74, 6) is 0.983. The van der Waals surface area contributed by atoms with Crippen molar-refractivity contribution in [2.45, 2.75) is 19.4 Å². The van der Waals surface area contributed by atoms with E-state index in [0.29, 0.717) is 0 Å². The summed E-state index contributed by atoms with van der Waals surface area (Å²) >= 11 is 0. The van der Waals surface area contributed by atoms with E-state index in [2.05, 4.69) is 69.0 Å². The third kappa shape index (κ3) is 9.08. The second-order valence-electron chi connectivity index (χ2n) is 6.93. The van der Waals surface area contributed by atoms with Crippen molar-refractivity contribution in [2.75, 3.05) is 59.9 Å². The first-order chi connectivity index (χ1) is 12.7. The molecule has 0 spiro atoms. The van der Waals surface area contributed by atoms with Gasteiger partial charge in [0.2, 0.25) is 0 Å². The van der Waals surface area contributed by atoms with Crippen LogP contribution in [0.25, 0.3) is 0 Å². The number of halogens is 1. The Bertz CT molecular complexity index is 541. The number of unbranched alkanes of at least 4 members (excludes halogenated alkanes) is 1. The molecule has 0 amide bonds. The molecule has 1 aromatic rings. The van der Waals surface area contributed by atoms with Crippen LogP contribution in [0.4, 0.5) is 0 Å². The molecule has 0 unspecified atom stereocenters. The van der Waals surface area contributed by atoms with Crippen molar-refractivity contribution >= 4 is 29.9 Å². The molecule has 0 atom stereocenters. The Morgan fingerprint density at radius 1 is 1.19 bits per heavy atom. The fourth-order valence-electron chi connectivity index (χ4n) is 3.30. The number of hydrogen-bond donors (Lipinski definition) is 1. The normalized spacial score (nSPS) is 15.9. The molecule has 1 aliphatic rings. The molecule has 0 saturated carbocycles. The number of nitrogens with one attached hydrogen (secondary N) is 1. The van der Waals surface area contributed by atoms with E-state index in [1.165, 1.54) is 5.56 Å². The van der Waals surface area contributed by atoms with E-state index in [4.69, 9.17) is 0 Å². The summed E-state index contributed by atoms with van der Waals surface area (Å²) in [7, 11) is 3.95. The van der Waals surface area contributed by atoms with Crippen LogP contribution in [0.5, 0.6) is 0 Å². The Kier molecular flexibility index (Phi) is 12.4. The molecule has 6 heteroatoms. The van der Waals surface area contributed by atoms with Gasteiger partial charge in [0.05, 0.1) is 0 Å². The minimum absolute atomic E-state index is 0. The Labute approximate surface area is 182 Å². The molecule has 1 saturated heterocycles. The molecule has 1 aromatic carbocycles. The van der Waals surface area contributed by atoms with E-state index in [0.717, 1.165) is 71.2 Å². The van der Waals surface area contributed by atoms with Gasteiger partial charge in [-0.05, 0) is 18.4 Å². The summed E-state index contributed by atoms with van der Waals surface area (Å²) in [6.07, 6.45) is 4.14. The van der Waals surface area contributed by atoms with Crippen LogP contribution in [0.2, 0.25) is 0 Å². The van der Waals surface area contributed by atoms with Crippen LogP contribution < -0.4 is 5.32 Å². The lowest BCUT2D eigenvalue weighted by atomic mass is 10.2. The number of nitrogens with zero attached hydrogens (tertiary/aromatic N) is 4. The number of rotatable bonds is 9. The van der Waals surface area contributed by atoms with E-state index < -0.39 is 0 Å². The van der Waals surface area contributed by atoms with Crippen molar-refractivity contribution in [1.29, 1.82) is 0 Å². The van der Waals surface area contributed by atoms with Crippen LogP contribution in [0.1, 0.15) is 18.4 Å². The number of hydrogen-bond acceptors (Lipinski definition) is 3. The maximum atomic E-state index is 4.39. The van der Waals surface area contributed by atoms with Crippen molar-refractivity contribution in [3.63, 3.8) is 0 Å². The number of piperazine rings is 1. The quantitative estimate of drug-likeness (QED) is 0.192. The van der Waals surface area contributed by atoms with Gasteiger partial charge in [-0.2, -0.15) is 0 Å². The first-order valence-electron chi connectivity index (χ1n) is 9.74. The highest BCUT2D eigenvalue weighted by atomic mass is 127. The van der Waals surface area contributed by atoms with Gasteiger partial charge in [0, 0.05) is 66.5 Å². The molecule has 1 heterocycles. The van der Waals surface area contributed by atoms with Gasteiger partial charge >= 0.3 is 0 Å². The zero-order chi connectivity index (χ0) is 18.6. The molecular formula is C21H36IN5. The second kappa shape index (κ2) is 14.0. The molecule has 0 aliphatic carbocycles. The van der Waals surface area contributed by atoms with Crippen LogP contribution in [-0.2, 0) is 6.54 Å². The fraction of sp³-hybridized carbons (Fsp3) is 0.571. The highest BCUT2D eigenvalue weighted by Gasteiger charge is 2.16. The van der Waals surface area contributed by atoms with Crippen LogP contribution in [0.15, 0.2) is 48.0 Å². The van der Waals surface area contributed by atoms with Gasteiger partial charge in [0.1, 0.15) is 0 Å². The van der Waals surface area contributed by atoms with E-state index >= 15 is 0 Å². The summed E-state index contributed by atoms with van der Waals surface area (Å²) in [5, 5.41) is 3.49. The molecule has 5 nitrogen and oxygen atoms in total. The molecule has 0 radical (unpaired) electrons. The number of guanidine groups is 1. The Morgan fingerprint density at radius 3 is 2.48 bits per heavy atom. The predicted molar refractivity (Wildman–Crippen MR) is 127 cm³/mol. The minimum Gasteiger partial charge on any atom is -0.355 e. The monoisotopic (exact) mass is 485 g/mol. The van der Waals surface area contributed by atoms with E-state index in [-0.39, 0.29) is 24.0 Å². The van der Waals surface area contributed by atoms with Crippen LogP contribution in [-0.4, -0.2) is 80.6 Å². The molecule has 1 aliphatic heterocycles. The lowest BCUT2D eigenvalue weighted by Gasteiger charge is -2.35. The van der Waals surface area contributed by atoms with Gasteiger partial charge in [-0.1, -0.05) is 36.4 Å². The molecule has 152 valence electrons. The van der Waals surface area contributed by atoms with Crippen LogP contribution in [0.3, 0.4) is 0 Å². The molecule has 27 heavy (non-hydrogen) atoms. The highest BCUT2D eigenvalue weighted by molar-refractivity contribution is 14.0. The molecule has 1 fully saturated rings. The van der Waals surface area contributed by atoms with Crippen molar-refractivity contribution < 1.29 is 0 Å². The second-order valence-corrected chi connectivity index (χ2v) is 6.93. The summed E-state index contributed by atoms with van der Waals surface area (Å²) in [5.41, 5.74) is 1.41. The maximum Gasteiger partial charge on any atom is 0.193 e. The maximum absolute atomic E-state index is 4.39. The smallest absolute Gasteiger partial charge is 0.193 e.